The molecular formula is C12H17FN2O2. The zero-order chi connectivity index (χ0) is 13.0. The molecule has 1 amide bonds. The van der Waals surface area contributed by atoms with Crippen molar-refractivity contribution >= 4 is 11.6 Å². The number of carbonyl (C=O) groups is 1. The predicted molar refractivity (Wildman–Crippen MR) is 64.0 cm³/mol. The molecule has 0 radical (unpaired) electrons. The molecule has 17 heavy (non-hydrogen) atoms. The lowest BCUT2D eigenvalue weighted by Gasteiger charge is -2.15. The van der Waals surface area contributed by atoms with Gasteiger partial charge in [0.25, 0.3) is 5.91 Å². The third-order valence-corrected chi connectivity index (χ3v) is 2.50. The minimum Gasteiger partial charge on any atom is -0.396 e. The molecule has 0 aliphatic carbocycles. The molecule has 0 saturated carbocycles. The largest absolute Gasteiger partial charge is 0.396 e. The van der Waals surface area contributed by atoms with Gasteiger partial charge in [-0.25, -0.2) is 4.39 Å². The first-order chi connectivity index (χ1) is 7.91. The second-order valence-electron chi connectivity index (χ2n) is 4.26. The molecule has 0 aliphatic rings. The molecule has 1 aromatic rings. The van der Waals surface area contributed by atoms with Gasteiger partial charge in [0.15, 0.2) is 0 Å². The molecule has 0 spiro atoms. The third-order valence-electron chi connectivity index (χ3n) is 2.50. The number of anilines is 1. The van der Waals surface area contributed by atoms with E-state index in [2.05, 4.69) is 5.32 Å². The Labute approximate surface area is 99.6 Å². The Morgan fingerprint density at radius 2 is 2.18 bits per heavy atom. The number of benzene rings is 1. The Morgan fingerprint density at radius 3 is 2.71 bits per heavy atom. The maximum Gasteiger partial charge on any atom is 0.251 e. The summed E-state index contributed by atoms with van der Waals surface area (Å²) in [5.74, 6) is -0.996. The first kappa shape index (κ1) is 13.4. The monoisotopic (exact) mass is 240 g/mol. The fourth-order valence-corrected chi connectivity index (χ4v) is 1.20. The Hall–Kier alpha value is -1.62. The van der Waals surface area contributed by atoms with Crippen molar-refractivity contribution < 1.29 is 14.3 Å². The molecule has 0 fully saturated rings. The van der Waals surface area contributed by atoms with Crippen molar-refractivity contribution in [3.8, 4) is 0 Å². The molecule has 0 heterocycles. The summed E-state index contributed by atoms with van der Waals surface area (Å²) in [5, 5.41) is 12.0. The summed E-state index contributed by atoms with van der Waals surface area (Å²) in [4.78, 5) is 11.6. The lowest BCUT2D eigenvalue weighted by molar-refractivity contribution is 0.0871. The van der Waals surface area contributed by atoms with Crippen molar-refractivity contribution in [1.82, 2.24) is 5.32 Å². The van der Waals surface area contributed by atoms with Crippen LogP contribution in [-0.4, -0.2) is 23.7 Å². The third kappa shape index (κ3) is 3.71. The van der Waals surface area contributed by atoms with Gasteiger partial charge < -0.3 is 16.2 Å². The summed E-state index contributed by atoms with van der Waals surface area (Å²) < 4.78 is 13.1. The van der Waals surface area contributed by atoms with Crippen LogP contribution in [0.2, 0.25) is 0 Å². The highest BCUT2D eigenvalue weighted by molar-refractivity contribution is 5.94. The molecule has 4 nitrogen and oxygen atoms in total. The Bertz CT molecular complexity index is 407. The summed E-state index contributed by atoms with van der Waals surface area (Å²) in [5.41, 5.74) is 5.50. The Kier molecular flexibility index (Phi) is 4.45. The second kappa shape index (κ2) is 5.63. The summed E-state index contributed by atoms with van der Waals surface area (Å²) in [6, 6.07) is 3.85. The second-order valence-corrected chi connectivity index (χ2v) is 4.26. The Morgan fingerprint density at radius 1 is 1.53 bits per heavy atom. The molecule has 1 aromatic carbocycles. The minimum atomic E-state index is -0.623. The number of halogens is 1. The van der Waals surface area contributed by atoms with Crippen molar-refractivity contribution in [2.45, 2.75) is 20.0 Å². The van der Waals surface area contributed by atoms with Crippen LogP contribution in [0.3, 0.4) is 0 Å². The van der Waals surface area contributed by atoms with E-state index in [0.717, 1.165) is 6.07 Å². The van der Waals surface area contributed by atoms with E-state index in [0.29, 0.717) is 0 Å². The van der Waals surface area contributed by atoms with Crippen LogP contribution in [0.15, 0.2) is 18.2 Å². The normalized spacial score (nSPS) is 12.5. The lowest BCUT2D eigenvalue weighted by atomic mass is 10.1. The van der Waals surface area contributed by atoms with E-state index >= 15 is 0 Å². The number of nitrogen functional groups attached to an aromatic ring is 1. The number of hydrogen-bond acceptors (Lipinski definition) is 3. The molecular weight excluding hydrogens is 223 g/mol. The van der Waals surface area contributed by atoms with E-state index in [1.165, 1.54) is 12.1 Å². The van der Waals surface area contributed by atoms with Crippen molar-refractivity contribution in [3.05, 3.63) is 29.6 Å². The van der Waals surface area contributed by atoms with Gasteiger partial charge in [-0.2, -0.15) is 0 Å². The fourth-order valence-electron chi connectivity index (χ4n) is 1.20. The van der Waals surface area contributed by atoms with Crippen molar-refractivity contribution in [2.24, 2.45) is 5.92 Å². The highest BCUT2D eigenvalue weighted by Gasteiger charge is 2.12. The predicted octanol–water partition coefficient (Wildman–Crippen LogP) is 1.15. The van der Waals surface area contributed by atoms with Gasteiger partial charge in [0.1, 0.15) is 5.82 Å². The lowest BCUT2D eigenvalue weighted by Crippen LogP contribution is -2.34. The number of carbonyl (C=O) groups excluding carboxylic acids is 1. The number of nitrogens with two attached hydrogens (primary N) is 1. The van der Waals surface area contributed by atoms with Crippen molar-refractivity contribution in [1.29, 1.82) is 0 Å². The average Bonchev–Trinajstić information content (AvgIpc) is 2.28. The number of hydrogen-bond donors (Lipinski definition) is 3. The zero-order valence-corrected chi connectivity index (χ0v) is 9.90. The van der Waals surface area contributed by atoms with Gasteiger partial charge in [-0.3, -0.25) is 4.79 Å². The molecule has 0 aliphatic heterocycles. The van der Waals surface area contributed by atoms with Gasteiger partial charge in [0.05, 0.1) is 11.8 Å². The van der Waals surface area contributed by atoms with Gasteiger partial charge in [0.2, 0.25) is 0 Å². The maximum absolute atomic E-state index is 13.1. The van der Waals surface area contributed by atoms with E-state index in [1.807, 2.05) is 13.8 Å². The number of aliphatic hydroxyl groups is 1. The van der Waals surface area contributed by atoms with Crippen LogP contribution in [0, 0.1) is 11.7 Å². The SMILES string of the molecule is CC(C)C(O)CNC(=O)c1ccc(N)c(F)c1. The van der Waals surface area contributed by atoms with Crippen LogP contribution in [0.25, 0.3) is 0 Å². The topological polar surface area (TPSA) is 75.3 Å². The fraction of sp³-hybridized carbons (Fsp3) is 0.417. The van der Waals surface area contributed by atoms with E-state index in [9.17, 15) is 14.3 Å². The van der Waals surface area contributed by atoms with Crippen LogP contribution in [0.4, 0.5) is 10.1 Å². The van der Waals surface area contributed by atoms with Crippen LogP contribution < -0.4 is 11.1 Å². The maximum atomic E-state index is 13.1. The number of aliphatic hydroxyl groups excluding tert-OH is 1. The van der Waals surface area contributed by atoms with Gasteiger partial charge in [-0.1, -0.05) is 13.8 Å². The molecule has 4 N–H and O–H groups in total. The average molecular weight is 240 g/mol. The van der Waals surface area contributed by atoms with Crippen LogP contribution in [0.1, 0.15) is 24.2 Å². The summed E-state index contributed by atoms with van der Waals surface area (Å²) in [6.07, 6.45) is -0.613. The molecule has 1 atom stereocenters. The Balaban J connectivity index is 2.61. The van der Waals surface area contributed by atoms with E-state index < -0.39 is 17.8 Å². The summed E-state index contributed by atoms with van der Waals surface area (Å²) >= 11 is 0. The van der Waals surface area contributed by atoms with Crippen molar-refractivity contribution in [3.63, 3.8) is 0 Å². The highest BCUT2D eigenvalue weighted by atomic mass is 19.1. The van der Waals surface area contributed by atoms with Gasteiger partial charge in [0, 0.05) is 12.1 Å². The van der Waals surface area contributed by atoms with Crippen LogP contribution >= 0.6 is 0 Å². The van der Waals surface area contributed by atoms with E-state index in [-0.39, 0.29) is 23.7 Å². The molecule has 5 heteroatoms. The molecule has 94 valence electrons. The van der Waals surface area contributed by atoms with Crippen molar-refractivity contribution in [2.75, 3.05) is 12.3 Å². The number of rotatable bonds is 4. The highest BCUT2D eigenvalue weighted by Crippen LogP contribution is 2.11. The first-order valence-electron chi connectivity index (χ1n) is 5.43. The molecule has 0 bridgehead atoms. The number of amides is 1. The smallest absolute Gasteiger partial charge is 0.251 e. The summed E-state index contributed by atoms with van der Waals surface area (Å²) in [6.45, 7) is 3.84. The standard InChI is InChI=1S/C12H17FN2O2/c1-7(2)11(16)6-15-12(17)8-3-4-10(14)9(13)5-8/h3-5,7,11,16H,6,14H2,1-2H3,(H,15,17). The van der Waals surface area contributed by atoms with Crippen LogP contribution in [-0.2, 0) is 0 Å². The van der Waals surface area contributed by atoms with Gasteiger partial charge in [-0.15, -0.1) is 0 Å². The van der Waals surface area contributed by atoms with E-state index in [1.54, 1.807) is 0 Å². The molecule has 0 saturated heterocycles. The zero-order valence-electron chi connectivity index (χ0n) is 9.90. The molecule has 1 unspecified atom stereocenters. The molecule has 1 rings (SSSR count). The quantitative estimate of drug-likeness (QED) is 0.691. The summed E-state index contributed by atoms with van der Waals surface area (Å²) in [7, 11) is 0. The van der Waals surface area contributed by atoms with Crippen LogP contribution in [0.5, 0.6) is 0 Å². The van der Waals surface area contributed by atoms with E-state index in [4.69, 9.17) is 5.73 Å². The minimum absolute atomic E-state index is 0.00349. The van der Waals surface area contributed by atoms with Gasteiger partial charge >= 0.3 is 0 Å². The number of nitrogens with one attached hydrogen (secondary N) is 1. The van der Waals surface area contributed by atoms with Gasteiger partial charge in [-0.05, 0) is 24.1 Å². The molecule has 0 aromatic heterocycles. The first-order valence-corrected chi connectivity index (χ1v) is 5.43.